The summed E-state index contributed by atoms with van der Waals surface area (Å²) in [5.41, 5.74) is 0.480. The molecular weight excluding hydrogens is 295 g/mol. The van der Waals surface area contributed by atoms with Crippen molar-refractivity contribution in [3.05, 3.63) is 34.6 Å². The molecule has 1 aromatic rings. The van der Waals surface area contributed by atoms with E-state index in [1.165, 1.54) is 6.07 Å². The van der Waals surface area contributed by atoms with Crippen molar-refractivity contribution in [3.8, 4) is 0 Å². The van der Waals surface area contributed by atoms with Gasteiger partial charge in [-0.3, -0.25) is 0 Å². The second-order valence-corrected chi connectivity index (χ2v) is 5.65. The maximum absolute atomic E-state index is 13.8. The minimum absolute atomic E-state index is 0.0688. The molecule has 1 aliphatic carbocycles. The van der Waals surface area contributed by atoms with E-state index >= 15 is 0 Å². The van der Waals surface area contributed by atoms with E-state index in [2.05, 4.69) is 5.32 Å². The van der Waals surface area contributed by atoms with Crippen molar-refractivity contribution < 1.29 is 14.3 Å². The molecule has 116 valence electrons. The van der Waals surface area contributed by atoms with Crippen molar-refractivity contribution in [2.75, 3.05) is 19.7 Å². The average Bonchev–Trinajstić information content (AvgIpc) is 3.17. The molecule has 0 bridgehead atoms. The zero-order valence-electron chi connectivity index (χ0n) is 12.0. The van der Waals surface area contributed by atoms with Crippen molar-refractivity contribution in [2.45, 2.75) is 31.7 Å². The molecule has 1 aromatic carbocycles. The topological polar surface area (TPSA) is 52.6 Å². The number of urea groups is 1. The number of carbonyl (C=O) groups excluding carboxylic acids is 1. The number of amides is 2. The van der Waals surface area contributed by atoms with Gasteiger partial charge < -0.3 is 15.3 Å². The zero-order chi connectivity index (χ0) is 15.4. The van der Waals surface area contributed by atoms with Crippen LogP contribution >= 0.6 is 11.6 Å². The molecule has 0 heterocycles. The lowest BCUT2D eigenvalue weighted by molar-refractivity contribution is 0.176. The van der Waals surface area contributed by atoms with Gasteiger partial charge in [-0.25, -0.2) is 9.18 Å². The van der Waals surface area contributed by atoms with Crippen LogP contribution in [0.15, 0.2) is 18.2 Å². The molecule has 1 aliphatic rings. The highest BCUT2D eigenvalue weighted by Crippen LogP contribution is 2.44. The molecule has 0 radical (unpaired) electrons. The third-order valence-corrected chi connectivity index (χ3v) is 3.95. The van der Waals surface area contributed by atoms with Crippen LogP contribution < -0.4 is 5.32 Å². The molecule has 0 aromatic heterocycles. The number of benzene rings is 1. The molecular formula is C15H20ClFN2O2. The van der Waals surface area contributed by atoms with Crippen LogP contribution in [0.25, 0.3) is 0 Å². The number of nitrogens with one attached hydrogen (secondary N) is 1. The second kappa shape index (κ2) is 7.09. The standard InChI is InChI=1S/C15H20ClFN2O2/c1-2-6-19(7-8-20)15(21)18-13-9-10(13)14-11(16)4-3-5-12(14)17/h3-5,10,13,20H,2,6-9H2,1H3,(H,18,21). The summed E-state index contributed by atoms with van der Waals surface area (Å²) in [6.45, 7) is 2.79. The van der Waals surface area contributed by atoms with E-state index in [-0.39, 0.29) is 30.4 Å². The Morgan fingerprint density at radius 2 is 2.29 bits per heavy atom. The molecule has 0 spiro atoms. The molecule has 2 atom stereocenters. The van der Waals surface area contributed by atoms with Crippen molar-refractivity contribution in [1.82, 2.24) is 10.2 Å². The molecule has 4 nitrogen and oxygen atoms in total. The average molecular weight is 315 g/mol. The fraction of sp³-hybridized carbons (Fsp3) is 0.533. The summed E-state index contributed by atoms with van der Waals surface area (Å²) >= 11 is 6.03. The van der Waals surface area contributed by atoms with Crippen LogP contribution in [0.4, 0.5) is 9.18 Å². The summed E-state index contributed by atoms with van der Waals surface area (Å²) in [4.78, 5) is 13.7. The van der Waals surface area contributed by atoms with Crippen LogP contribution in [0.5, 0.6) is 0 Å². The number of hydrogen-bond donors (Lipinski definition) is 2. The lowest BCUT2D eigenvalue weighted by Gasteiger charge is -2.21. The first kappa shape index (κ1) is 16.0. The Morgan fingerprint density at radius 3 is 2.90 bits per heavy atom. The Hall–Kier alpha value is -1.33. The second-order valence-electron chi connectivity index (χ2n) is 5.24. The van der Waals surface area contributed by atoms with E-state index in [4.69, 9.17) is 16.7 Å². The predicted molar refractivity (Wildman–Crippen MR) is 80.0 cm³/mol. The van der Waals surface area contributed by atoms with Crippen LogP contribution in [0.3, 0.4) is 0 Å². The summed E-state index contributed by atoms with van der Waals surface area (Å²) in [7, 11) is 0. The molecule has 21 heavy (non-hydrogen) atoms. The van der Waals surface area contributed by atoms with E-state index in [0.717, 1.165) is 6.42 Å². The first-order valence-electron chi connectivity index (χ1n) is 7.18. The SMILES string of the molecule is CCCN(CCO)C(=O)NC1CC1c1c(F)cccc1Cl. The van der Waals surface area contributed by atoms with E-state index in [9.17, 15) is 9.18 Å². The monoisotopic (exact) mass is 314 g/mol. The Kier molecular flexibility index (Phi) is 5.42. The number of rotatable bonds is 6. The Balaban J connectivity index is 1.96. The molecule has 0 saturated heterocycles. The Labute approximate surface area is 128 Å². The zero-order valence-corrected chi connectivity index (χ0v) is 12.7. The van der Waals surface area contributed by atoms with Crippen LogP contribution in [-0.4, -0.2) is 41.8 Å². The maximum Gasteiger partial charge on any atom is 0.317 e. The number of hydrogen-bond acceptors (Lipinski definition) is 2. The van der Waals surface area contributed by atoms with Gasteiger partial charge in [-0.15, -0.1) is 0 Å². The van der Waals surface area contributed by atoms with Crippen LogP contribution in [-0.2, 0) is 0 Å². The Morgan fingerprint density at radius 1 is 1.52 bits per heavy atom. The third kappa shape index (κ3) is 3.86. The largest absolute Gasteiger partial charge is 0.395 e. The number of aliphatic hydroxyl groups is 1. The van der Waals surface area contributed by atoms with Gasteiger partial charge in [-0.1, -0.05) is 24.6 Å². The number of carbonyl (C=O) groups is 1. The molecule has 2 amide bonds. The van der Waals surface area contributed by atoms with E-state index < -0.39 is 0 Å². The normalized spacial score (nSPS) is 20.2. The van der Waals surface area contributed by atoms with Crippen molar-refractivity contribution in [1.29, 1.82) is 0 Å². The number of nitrogens with zero attached hydrogens (tertiary/aromatic N) is 1. The lowest BCUT2D eigenvalue weighted by Crippen LogP contribution is -2.43. The van der Waals surface area contributed by atoms with Crippen molar-refractivity contribution in [3.63, 3.8) is 0 Å². The van der Waals surface area contributed by atoms with Gasteiger partial charge in [0, 0.05) is 35.6 Å². The quantitative estimate of drug-likeness (QED) is 0.848. The van der Waals surface area contributed by atoms with Gasteiger partial charge in [0.1, 0.15) is 5.82 Å². The molecule has 0 aliphatic heterocycles. The molecule has 6 heteroatoms. The third-order valence-electron chi connectivity index (χ3n) is 3.62. The summed E-state index contributed by atoms with van der Waals surface area (Å²) in [6, 6.07) is 4.30. The lowest BCUT2D eigenvalue weighted by atomic mass is 10.1. The van der Waals surface area contributed by atoms with Gasteiger partial charge in [0.05, 0.1) is 6.61 Å². The van der Waals surface area contributed by atoms with Gasteiger partial charge in [0.2, 0.25) is 0 Å². The highest BCUT2D eigenvalue weighted by atomic mass is 35.5. The number of halogens is 2. The van der Waals surface area contributed by atoms with Gasteiger partial charge in [-0.05, 0) is 25.0 Å². The van der Waals surface area contributed by atoms with Gasteiger partial charge in [-0.2, -0.15) is 0 Å². The summed E-state index contributed by atoms with van der Waals surface area (Å²) in [5, 5.41) is 12.3. The summed E-state index contributed by atoms with van der Waals surface area (Å²) < 4.78 is 13.8. The number of aliphatic hydroxyl groups excluding tert-OH is 1. The van der Waals surface area contributed by atoms with Gasteiger partial charge in [0.25, 0.3) is 0 Å². The van der Waals surface area contributed by atoms with E-state index in [1.54, 1.807) is 17.0 Å². The molecule has 1 saturated carbocycles. The fourth-order valence-corrected chi connectivity index (χ4v) is 2.80. The molecule has 2 N–H and O–H groups in total. The summed E-state index contributed by atoms with van der Waals surface area (Å²) in [6.07, 6.45) is 1.51. The van der Waals surface area contributed by atoms with Gasteiger partial charge >= 0.3 is 6.03 Å². The Bertz CT molecular complexity index is 486. The minimum atomic E-state index is -0.329. The van der Waals surface area contributed by atoms with Crippen molar-refractivity contribution >= 4 is 17.6 Å². The van der Waals surface area contributed by atoms with Crippen LogP contribution in [0, 0.1) is 5.82 Å². The first-order valence-corrected chi connectivity index (χ1v) is 7.56. The molecule has 1 fully saturated rings. The first-order chi connectivity index (χ1) is 10.1. The molecule has 2 unspecified atom stereocenters. The van der Waals surface area contributed by atoms with Crippen molar-refractivity contribution in [2.24, 2.45) is 0 Å². The highest BCUT2D eigenvalue weighted by molar-refractivity contribution is 6.31. The van der Waals surface area contributed by atoms with Crippen LogP contribution in [0.2, 0.25) is 5.02 Å². The fourth-order valence-electron chi connectivity index (χ4n) is 2.49. The van der Waals surface area contributed by atoms with E-state index in [0.29, 0.717) is 30.1 Å². The highest BCUT2D eigenvalue weighted by Gasteiger charge is 2.42. The minimum Gasteiger partial charge on any atom is -0.395 e. The van der Waals surface area contributed by atoms with Crippen LogP contribution in [0.1, 0.15) is 31.2 Å². The smallest absolute Gasteiger partial charge is 0.317 e. The predicted octanol–water partition coefficient (Wildman–Crippen LogP) is 2.75. The van der Waals surface area contributed by atoms with Gasteiger partial charge in [0.15, 0.2) is 0 Å². The van der Waals surface area contributed by atoms with E-state index in [1.807, 2.05) is 6.92 Å². The maximum atomic E-state index is 13.8. The molecule has 2 rings (SSSR count). The summed E-state index contributed by atoms with van der Waals surface area (Å²) in [5.74, 6) is -0.398.